The number of oxime groups is 1. The number of nitrogens with two attached hydrogens (primary N) is 1. The van der Waals surface area contributed by atoms with Crippen molar-refractivity contribution in [2.24, 2.45) is 10.1 Å². The van der Waals surface area contributed by atoms with Gasteiger partial charge in [-0.05, 0) is 5.57 Å². The van der Waals surface area contributed by atoms with Gasteiger partial charge in [0, 0.05) is 23.9 Å². The molecule has 14 nitrogen and oxygen atoms in total. The quantitative estimate of drug-likeness (QED) is 0.145. The summed E-state index contributed by atoms with van der Waals surface area (Å²) in [5.74, 6) is -2.59. The molecular formula is C19H20N8O6S3. The van der Waals surface area contributed by atoms with Gasteiger partial charge in [0.15, 0.2) is 16.0 Å². The average molecular weight is 553 g/mol. The number of anilines is 1. The molecule has 4 heterocycles. The summed E-state index contributed by atoms with van der Waals surface area (Å²) >= 11 is 3.57. The highest BCUT2D eigenvalue weighted by Gasteiger charge is 2.54. The number of nitrogen functional groups attached to an aromatic ring is 1. The molecular weight excluding hydrogens is 532 g/mol. The zero-order chi connectivity index (χ0) is 26.1. The molecule has 36 heavy (non-hydrogen) atoms. The van der Waals surface area contributed by atoms with Crippen molar-refractivity contribution in [3.8, 4) is 0 Å². The van der Waals surface area contributed by atoms with Crippen molar-refractivity contribution in [3.05, 3.63) is 34.6 Å². The first-order chi connectivity index (χ1) is 17.1. The summed E-state index contributed by atoms with van der Waals surface area (Å²) in [5, 5.41) is 19.1. The predicted octanol–water partition coefficient (Wildman–Crippen LogP) is -0.606. The Labute approximate surface area is 216 Å². The lowest BCUT2D eigenvalue weighted by molar-refractivity contribution is -0.150. The summed E-state index contributed by atoms with van der Waals surface area (Å²) in [6, 6.07) is -0.967. The summed E-state index contributed by atoms with van der Waals surface area (Å²) in [5.41, 5.74) is 8.87. The van der Waals surface area contributed by atoms with E-state index in [2.05, 4.69) is 32.5 Å². The van der Waals surface area contributed by atoms with Crippen LogP contribution in [0.15, 0.2) is 39.1 Å². The van der Waals surface area contributed by atoms with Gasteiger partial charge < -0.3 is 21.0 Å². The highest BCUT2D eigenvalue weighted by Crippen LogP contribution is 2.41. The van der Waals surface area contributed by atoms with Crippen LogP contribution in [0.2, 0.25) is 0 Å². The van der Waals surface area contributed by atoms with Crippen molar-refractivity contribution >= 4 is 74.6 Å². The molecule has 0 radical (unpaired) electrons. The van der Waals surface area contributed by atoms with Gasteiger partial charge in [0.25, 0.3) is 17.7 Å². The fourth-order valence-corrected chi connectivity index (χ4v) is 6.46. The molecule has 17 heteroatoms. The number of thioether (sulfide) groups is 2. The molecule has 0 spiro atoms. The minimum Gasteiger partial charge on any atom is -0.477 e. The largest absolute Gasteiger partial charge is 0.477 e. The van der Waals surface area contributed by atoms with Gasteiger partial charge in [-0.15, -0.1) is 23.1 Å². The van der Waals surface area contributed by atoms with Crippen molar-refractivity contribution in [2.45, 2.75) is 11.4 Å². The number of aromatic nitrogens is 1. The molecule has 3 aliphatic heterocycles. The highest BCUT2D eigenvalue weighted by atomic mass is 32.2. The monoisotopic (exact) mass is 552 g/mol. The van der Waals surface area contributed by atoms with Gasteiger partial charge in [0.1, 0.15) is 35.6 Å². The summed E-state index contributed by atoms with van der Waals surface area (Å²) < 4.78 is 0. The summed E-state index contributed by atoms with van der Waals surface area (Å²) in [7, 11) is 2.91. The Morgan fingerprint density at radius 3 is 2.86 bits per heavy atom. The van der Waals surface area contributed by atoms with E-state index in [0.717, 1.165) is 28.0 Å². The molecule has 3 amide bonds. The highest BCUT2D eigenvalue weighted by molar-refractivity contribution is 8.14. The maximum Gasteiger partial charge on any atom is 0.352 e. The fraction of sp³-hybridized carbons (Fsp3) is 0.316. The molecule has 0 aromatic carbocycles. The lowest BCUT2D eigenvalue weighted by Gasteiger charge is -2.49. The molecule has 190 valence electrons. The molecule has 5 N–H and O–H groups in total. The molecule has 0 aliphatic carbocycles. The first kappa shape index (κ1) is 25.5. The van der Waals surface area contributed by atoms with Crippen molar-refractivity contribution < 1.29 is 29.1 Å². The van der Waals surface area contributed by atoms with E-state index in [1.807, 2.05) is 0 Å². The number of carboxylic acids is 1. The van der Waals surface area contributed by atoms with Gasteiger partial charge >= 0.3 is 5.97 Å². The van der Waals surface area contributed by atoms with Crippen LogP contribution in [-0.2, 0) is 24.0 Å². The van der Waals surface area contributed by atoms with E-state index in [0.29, 0.717) is 16.5 Å². The van der Waals surface area contributed by atoms with E-state index in [-0.39, 0.29) is 33.7 Å². The van der Waals surface area contributed by atoms with Crippen LogP contribution < -0.4 is 16.5 Å². The number of nitrogens with one attached hydrogen (secondary N) is 2. The SMILES string of the molecule is C=C1NN(C)C(SCC2=C(C(=O)O)N3C(=O)[C@@H](NC(=O)/C(=N\OC)c4csc(N)n4)[C@H]3SC2)=NC1=O. The predicted molar refractivity (Wildman–Crippen MR) is 135 cm³/mol. The number of rotatable bonds is 7. The number of aliphatic imine (C=N–C) groups is 1. The second-order valence-electron chi connectivity index (χ2n) is 7.45. The van der Waals surface area contributed by atoms with Crippen LogP contribution in [-0.4, -0.2) is 91.6 Å². The molecule has 0 bridgehead atoms. The number of amides is 3. The van der Waals surface area contributed by atoms with E-state index >= 15 is 0 Å². The Morgan fingerprint density at radius 1 is 1.47 bits per heavy atom. The first-order valence-electron chi connectivity index (χ1n) is 10.1. The van der Waals surface area contributed by atoms with Crippen LogP contribution >= 0.6 is 34.9 Å². The molecule has 3 aliphatic rings. The maximum atomic E-state index is 12.9. The number of hydrogen-bond acceptors (Lipinski definition) is 13. The number of nitrogens with zero attached hydrogens (tertiary/aromatic N) is 5. The summed E-state index contributed by atoms with van der Waals surface area (Å²) in [6.45, 7) is 3.56. The maximum absolute atomic E-state index is 12.9. The Hall–Kier alpha value is -3.57. The van der Waals surface area contributed by atoms with Crippen molar-refractivity contribution in [3.63, 3.8) is 0 Å². The van der Waals surface area contributed by atoms with Crippen LogP contribution in [0.25, 0.3) is 0 Å². The Morgan fingerprint density at radius 2 is 2.22 bits per heavy atom. The van der Waals surface area contributed by atoms with E-state index in [1.54, 1.807) is 7.05 Å². The third-order valence-electron chi connectivity index (χ3n) is 5.12. The van der Waals surface area contributed by atoms with Crippen molar-refractivity contribution in [2.75, 3.05) is 31.4 Å². The van der Waals surface area contributed by atoms with Gasteiger partial charge in [-0.1, -0.05) is 23.5 Å². The molecule has 2 atom stereocenters. The van der Waals surface area contributed by atoms with Crippen LogP contribution in [0.1, 0.15) is 5.69 Å². The Kier molecular flexibility index (Phi) is 7.23. The number of β-lactam (4-membered cyclic amide) rings is 1. The number of hydrazine groups is 1. The lowest BCUT2D eigenvalue weighted by Crippen LogP contribution is -2.71. The zero-order valence-corrected chi connectivity index (χ0v) is 21.3. The van der Waals surface area contributed by atoms with E-state index in [9.17, 15) is 24.3 Å². The third kappa shape index (κ3) is 4.76. The Balaban J connectivity index is 1.48. The number of carbonyl (C=O) groups is 4. The molecule has 0 saturated carbocycles. The molecule has 1 aromatic heterocycles. The number of amidine groups is 1. The minimum absolute atomic E-state index is 0.125. The van der Waals surface area contributed by atoms with E-state index in [1.165, 1.54) is 29.3 Å². The van der Waals surface area contributed by atoms with E-state index < -0.39 is 35.1 Å². The topological polar surface area (TPSA) is 192 Å². The molecule has 1 fully saturated rings. The van der Waals surface area contributed by atoms with Crippen LogP contribution in [0.3, 0.4) is 0 Å². The van der Waals surface area contributed by atoms with Crippen LogP contribution in [0, 0.1) is 0 Å². The van der Waals surface area contributed by atoms with Gasteiger partial charge in [0.2, 0.25) is 0 Å². The van der Waals surface area contributed by atoms with Gasteiger partial charge in [0.05, 0.1) is 0 Å². The molecule has 1 aromatic rings. The normalized spacial score (nSPS) is 22.0. The molecule has 0 unspecified atom stereocenters. The molecule has 4 rings (SSSR count). The van der Waals surface area contributed by atoms with Crippen molar-refractivity contribution in [1.29, 1.82) is 0 Å². The summed E-state index contributed by atoms with van der Waals surface area (Å²) in [4.78, 5) is 63.5. The summed E-state index contributed by atoms with van der Waals surface area (Å²) in [6.07, 6.45) is 0. The standard InChI is InChI=1S/C19H20N8O6S3/c1-7-13(28)23-19(26(2)24-7)36-5-8-4-34-16-11(15(30)27(16)12(8)17(31)32)22-14(29)10(25-33-3)9-6-35-18(20)21-9/h6,11,16,24H,1,4-5H2,2-3H3,(H2,20,21)(H,22,29)(H,31,32)/b25-10-/t11-,16-/m1/s1. The molecule has 1 saturated heterocycles. The zero-order valence-electron chi connectivity index (χ0n) is 18.9. The first-order valence-corrected chi connectivity index (χ1v) is 13.0. The van der Waals surface area contributed by atoms with E-state index in [4.69, 9.17) is 10.6 Å². The van der Waals surface area contributed by atoms with Gasteiger partial charge in [-0.25, -0.2) is 9.78 Å². The number of fused-ring (bicyclic) bond motifs is 1. The van der Waals surface area contributed by atoms with Gasteiger partial charge in [-0.3, -0.25) is 29.7 Å². The fourth-order valence-electron chi connectivity index (χ4n) is 3.50. The second kappa shape index (κ2) is 10.2. The van der Waals surface area contributed by atoms with Gasteiger partial charge in [-0.2, -0.15) is 4.99 Å². The van der Waals surface area contributed by atoms with Crippen molar-refractivity contribution in [1.82, 2.24) is 25.6 Å². The third-order valence-corrected chi connectivity index (χ3v) is 8.25. The lowest BCUT2D eigenvalue weighted by atomic mass is 10.0. The van der Waals surface area contributed by atoms with Crippen LogP contribution in [0.4, 0.5) is 5.13 Å². The smallest absolute Gasteiger partial charge is 0.352 e. The van der Waals surface area contributed by atoms with Crippen LogP contribution in [0.5, 0.6) is 0 Å². The average Bonchev–Trinajstić information content (AvgIpc) is 3.27. The number of thiazole rings is 1. The second-order valence-corrected chi connectivity index (χ2v) is 10.4. The number of aliphatic carboxylic acids is 1. The Bertz CT molecular complexity index is 1260. The minimum atomic E-state index is -1.27. The number of carbonyl (C=O) groups excluding carboxylic acids is 3. The number of hydrogen-bond donors (Lipinski definition) is 4. The number of carboxylic acid groups (broad SMARTS) is 1.